The maximum atomic E-state index is 12.2. The van der Waals surface area contributed by atoms with E-state index in [1.807, 2.05) is 13.8 Å². The summed E-state index contributed by atoms with van der Waals surface area (Å²) in [6.45, 7) is 8.77. The summed E-state index contributed by atoms with van der Waals surface area (Å²) in [5.74, 6) is 0.170. The predicted octanol–water partition coefficient (Wildman–Crippen LogP) is 1.85. The molecule has 0 aromatic carbocycles. The van der Waals surface area contributed by atoms with Crippen LogP contribution in [0.4, 0.5) is 5.82 Å². The van der Waals surface area contributed by atoms with Gasteiger partial charge in [0.05, 0.1) is 18.4 Å². The molecule has 0 aliphatic heterocycles. The van der Waals surface area contributed by atoms with Gasteiger partial charge in [0.15, 0.2) is 0 Å². The lowest BCUT2D eigenvalue weighted by Crippen LogP contribution is -2.41. The van der Waals surface area contributed by atoms with Gasteiger partial charge >= 0.3 is 5.97 Å². The Morgan fingerprint density at radius 3 is 2.43 bits per heavy atom. The van der Waals surface area contributed by atoms with Gasteiger partial charge in [0.1, 0.15) is 11.9 Å². The Labute approximate surface area is 125 Å². The Hall–Kier alpha value is -2.11. The van der Waals surface area contributed by atoms with Gasteiger partial charge in [0.25, 0.3) is 0 Å². The first-order chi connectivity index (χ1) is 9.94. The quantitative estimate of drug-likeness (QED) is 0.810. The van der Waals surface area contributed by atoms with Crippen LogP contribution in [-0.2, 0) is 9.53 Å². The first kappa shape index (κ1) is 16.9. The number of carbonyl (C=O) groups excluding carboxylic acids is 2. The molecule has 1 unspecified atom stereocenters. The molecule has 1 atom stereocenters. The molecule has 0 bridgehead atoms. The number of ether oxygens (including phenoxy) is 1. The van der Waals surface area contributed by atoms with Crippen molar-refractivity contribution in [2.45, 2.75) is 33.7 Å². The maximum absolute atomic E-state index is 12.2. The van der Waals surface area contributed by atoms with Crippen LogP contribution in [-0.4, -0.2) is 48.0 Å². The monoisotopic (exact) mass is 293 g/mol. The molecule has 0 spiro atoms. The lowest BCUT2D eigenvalue weighted by atomic mass is 10.2. The Bertz CT molecular complexity index is 513. The fraction of sp³-hybridized carbons (Fsp3) is 0.533. The highest BCUT2D eigenvalue weighted by Gasteiger charge is 2.19. The predicted molar refractivity (Wildman–Crippen MR) is 81.3 cm³/mol. The summed E-state index contributed by atoms with van der Waals surface area (Å²) < 4.78 is 4.68. The highest BCUT2D eigenvalue weighted by molar-refractivity contribution is 5.90. The molecule has 21 heavy (non-hydrogen) atoms. The number of pyridine rings is 1. The molecule has 1 aromatic heterocycles. The van der Waals surface area contributed by atoms with Crippen molar-refractivity contribution in [3.63, 3.8) is 0 Å². The van der Waals surface area contributed by atoms with Crippen LogP contribution in [0.5, 0.6) is 0 Å². The summed E-state index contributed by atoms with van der Waals surface area (Å²) >= 11 is 0. The standard InChI is InChI=1S/C15H23N3O3/c1-6-18(7-2)14(19)11(4)17-13-9-8-12(10(3)16-13)15(20)21-5/h8-9,11H,6-7H2,1-5H3,(H,16,17). The molecule has 1 N–H and O–H groups in total. The first-order valence-electron chi connectivity index (χ1n) is 7.05. The summed E-state index contributed by atoms with van der Waals surface area (Å²) in [4.78, 5) is 29.7. The molecule has 1 rings (SSSR count). The van der Waals surface area contributed by atoms with Crippen LogP contribution in [0, 0.1) is 6.92 Å². The highest BCUT2D eigenvalue weighted by Crippen LogP contribution is 2.13. The molecule has 6 nitrogen and oxygen atoms in total. The van der Waals surface area contributed by atoms with Gasteiger partial charge in [-0.3, -0.25) is 4.79 Å². The zero-order valence-corrected chi connectivity index (χ0v) is 13.3. The van der Waals surface area contributed by atoms with E-state index < -0.39 is 5.97 Å². The molecule has 0 saturated heterocycles. The maximum Gasteiger partial charge on any atom is 0.339 e. The Kier molecular flexibility index (Phi) is 6.14. The number of rotatable bonds is 6. The van der Waals surface area contributed by atoms with Crippen molar-refractivity contribution < 1.29 is 14.3 Å². The van der Waals surface area contributed by atoms with E-state index in [4.69, 9.17) is 0 Å². The van der Waals surface area contributed by atoms with E-state index in [-0.39, 0.29) is 11.9 Å². The third-order valence-corrected chi connectivity index (χ3v) is 3.30. The fourth-order valence-corrected chi connectivity index (χ4v) is 2.06. The van der Waals surface area contributed by atoms with E-state index in [1.54, 1.807) is 30.9 Å². The number of amides is 1. The zero-order chi connectivity index (χ0) is 16.0. The van der Waals surface area contributed by atoms with Gasteiger partial charge < -0.3 is 15.0 Å². The van der Waals surface area contributed by atoms with Gasteiger partial charge in [-0.2, -0.15) is 0 Å². The van der Waals surface area contributed by atoms with E-state index in [0.717, 1.165) is 0 Å². The topological polar surface area (TPSA) is 71.5 Å². The van der Waals surface area contributed by atoms with Crippen molar-refractivity contribution in [1.29, 1.82) is 0 Å². The van der Waals surface area contributed by atoms with Crippen LogP contribution >= 0.6 is 0 Å². The van der Waals surface area contributed by atoms with E-state index in [9.17, 15) is 9.59 Å². The average Bonchev–Trinajstić information content (AvgIpc) is 2.47. The summed E-state index contributed by atoms with van der Waals surface area (Å²) in [7, 11) is 1.33. The third kappa shape index (κ3) is 4.18. The van der Waals surface area contributed by atoms with Crippen LogP contribution in [0.1, 0.15) is 36.8 Å². The summed E-state index contributed by atoms with van der Waals surface area (Å²) in [5.41, 5.74) is 0.986. The minimum Gasteiger partial charge on any atom is -0.465 e. The lowest BCUT2D eigenvalue weighted by molar-refractivity contribution is -0.131. The molecule has 0 fully saturated rings. The van der Waals surface area contributed by atoms with Crippen LogP contribution in [0.2, 0.25) is 0 Å². The lowest BCUT2D eigenvalue weighted by Gasteiger charge is -2.23. The second kappa shape index (κ2) is 7.61. The van der Waals surface area contributed by atoms with Gasteiger partial charge in [-0.1, -0.05) is 0 Å². The Morgan fingerprint density at radius 1 is 1.33 bits per heavy atom. The largest absolute Gasteiger partial charge is 0.465 e. The Balaban J connectivity index is 2.82. The van der Waals surface area contributed by atoms with Crippen molar-refractivity contribution in [2.24, 2.45) is 0 Å². The number of aromatic nitrogens is 1. The number of hydrogen-bond acceptors (Lipinski definition) is 5. The summed E-state index contributed by atoms with van der Waals surface area (Å²) in [6.07, 6.45) is 0. The van der Waals surface area contributed by atoms with E-state index in [0.29, 0.717) is 30.2 Å². The van der Waals surface area contributed by atoms with Crippen LogP contribution in [0.15, 0.2) is 12.1 Å². The minimum absolute atomic E-state index is 0.0245. The molecule has 6 heteroatoms. The van der Waals surface area contributed by atoms with Crippen molar-refractivity contribution in [2.75, 3.05) is 25.5 Å². The smallest absolute Gasteiger partial charge is 0.339 e. The van der Waals surface area contributed by atoms with Gasteiger partial charge in [0.2, 0.25) is 5.91 Å². The second-order valence-electron chi connectivity index (χ2n) is 4.70. The first-order valence-corrected chi connectivity index (χ1v) is 7.05. The second-order valence-corrected chi connectivity index (χ2v) is 4.70. The number of nitrogens with one attached hydrogen (secondary N) is 1. The van der Waals surface area contributed by atoms with Crippen molar-refractivity contribution in [3.05, 3.63) is 23.4 Å². The number of likely N-dealkylation sites (N-methyl/N-ethyl adjacent to an activating group) is 1. The number of anilines is 1. The molecule has 1 heterocycles. The molecule has 0 radical (unpaired) electrons. The highest BCUT2D eigenvalue weighted by atomic mass is 16.5. The number of methoxy groups -OCH3 is 1. The molecule has 1 aromatic rings. The average molecular weight is 293 g/mol. The SMILES string of the molecule is CCN(CC)C(=O)C(C)Nc1ccc(C(=O)OC)c(C)n1. The van der Waals surface area contributed by atoms with Crippen LogP contribution in [0.25, 0.3) is 0 Å². The van der Waals surface area contributed by atoms with E-state index in [2.05, 4.69) is 15.0 Å². The van der Waals surface area contributed by atoms with Crippen molar-refractivity contribution >= 4 is 17.7 Å². The van der Waals surface area contributed by atoms with Crippen LogP contribution in [0.3, 0.4) is 0 Å². The number of aryl methyl sites for hydroxylation is 1. The van der Waals surface area contributed by atoms with E-state index in [1.165, 1.54) is 7.11 Å². The zero-order valence-electron chi connectivity index (χ0n) is 13.3. The Morgan fingerprint density at radius 2 is 1.95 bits per heavy atom. The molecular weight excluding hydrogens is 270 g/mol. The molecule has 1 amide bonds. The molecular formula is C15H23N3O3. The number of esters is 1. The molecule has 0 aliphatic carbocycles. The van der Waals surface area contributed by atoms with Crippen molar-refractivity contribution in [1.82, 2.24) is 9.88 Å². The number of hydrogen-bond donors (Lipinski definition) is 1. The molecule has 116 valence electrons. The normalized spacial score (nSPS) is 11.7. The van der Waals surface area contributed by atoms with Gasteiger partial charge in [-0.15, -0.1) is 0 Å². The van der Waals surface area contributed by atoms with Crippen LogP contribution < -0.4 is 5.32 Å². The summed E-state index contributed by atoms with van der Waals surface area (Å²) in [6, 6.07) is 2.94. The number of carbonyl (C=O) groups is 2. The van der Waals surface area contributed by atoms with Crippen molar-refractivity contribution in [3.8, 4) is 0 Å². The van der Waals surface area contributed by atoms with Gasteiger partial charge in [-0.05, 0) is 39.8 Å². The van der Waals surface area contributed by atoms with E-state index >= 15 is 0 Å². The summed E-state index contributed by atoms with van der Waals surface area (Å²) in [5, 5.41) is 3.06. The molecule has 0 aliphatic rings. The van der Waals surface area contributed by atoms with Gasteiger partial charge in [0, 0.05) is 13.1 Å². The van der Waals surface area contributed by atoms with Gasteiger partial charge in [-0.25, -0.2) is 9.78 Å². The third-order valence-electron chi connectivity index (χ3n) is 3.30. The molecule has 0 saturated carbocycles. The fourth-order valence-electron chi connectivity index (χ4n) is 2.06. The minimum atomic E-state index is -0.418. The number of nitrogens with zero attached hydrogens (tertiary/aromatic N) is 2.